The average Bonchev–Trinajstić information content (AvgIpc) is 3.31. The molecule has 1 saturated heterocycles. The van der Waals surface area contributed by atoms with E-state index in [1.807, 2.05) is 30.3 Å². The molecule has 148 valence electrons. The van der Waals surface area contributed by atoms with E-state index in [1.54, 1.807) is 0 Å². The van der Waals surface area contributed by atoms with Gasteiger partial charge in [0.05, 0.1) is 17.0 Å². The maximum Gasteiger partial charge on any atom is 0.308 e. The van der Waals surface area contributed by atoms with Crippen LogP contribution in [0.2, 0.25) is 0 Å². The van der Waals surface area contributed by atoms with Crippen LogP contribution in [0.15, 0.2) is 48.5 Å². The van der Waals surface area contributed by atoms with Crippen molar-refractivity contribution in [2.45, 2.75) is 12.8 Å². The molecule has 7 nitrogen and oxygen atoms in total. The fraction of sp³-hybridized carbons (Fsp3) is 0.273. The van der Waals surface area contributed by atoms with Gasteiger partial charge in [-0.1, -0.05) is 30.3 Å². The minimum absolute atomic E-state index is 0.154. The third-order valence-electron chi connectivity index (χ3n) is 5.51. The summed E-state index contributed by atoms with van der Waals surface area (Å²) in [6.07, 6.45) is 0.971. The lowest BCUT2D eigenvalue weighted by atomic mass is 10.0. The van der Waals surface area contributed by atoms with Crippen LogP contribution in [0.1, 0.15) is 43.1 Å². The first-order valence-corrected chi connectivity index (χ1v) is 9.52. The first-order chi connectivity index (χ1) is 14.0. The van der Waals surface area contributed by atoms with E-state index in [-0.39, 0.29) is 30.5 Å². The lowest BCUT2D eigenvalue weighted by Crippen LogP contribution is -2.31. The standard InChI is InChI=1S/C22H20N2O5/c25-19(23-10-9-16(13-23)22(28)29)15-6-7-17-18(12-15)21(27)24(20(17)26)11-8-14-4-2-1-3-5-14/h1-7,12,16H,8-11,13H2,(H,28,29). The molecule has 0 aliphatic carbocycles. The summed E-state index contributed by atoms with van der Waals surface area (Å²) in [6.45, 7) is 0.788. The fourth-order valence-electron chi connectivity index (χ4n) is 3.84. The molecule has 2 aliphatic heterocycles. The van der Waals surface area contributed by atoms with Gasteiger partial charge in [0.25, 0.3) is 17.7 Å². The van der Waals surface area contributed by atoms with Crippen molar-refractivity contribution in [3.63, 3.8) is 0 Å². The highest BCUT2D eigenvalue weighted by molar-refractivity contribution is 6.22. The van der Waals surface area contributed by atoms with E-state index in [2.05, 4.69) is 0 Å². The Morgan fingerprint density at radius 1 is 1.00 bits per heavy atom. The summed E-state index contributed by atoms with van der Waals surface area (Å²) in [6, 6.07) is 14.1. The van der Waals surface area contributed by atoms with E-state index in [0.717, 1.165) is 5.56 Å². The zero-order valence-electron chi connectivity index (χ0n) is 15.7. The highest BCUT2D eigenvalue weighted by Gasteiger charge is 2.37. The molecule has 2 heterocycles. The van der Waals surface area contributed by atoms with Crippen molar-refractivity contribution in [1.82, 2.24) is 9.80 Å². The van der Waals surface area contributed by atoms with Crippen LogP contribution in [0.5, 0.6) is 0 Å². The van der Waals surface area contributed by atoms with Crippen molar-refractivity contribution in [2.24, 2.45) is 5.92 Å². The summed E-state index contributed by atoms with van der Waals surface area (Å²) in [4.78, 5) is 51.9. The van der Waals surface area contributed by atoms with Gasteiger partial charge in [0.15, 0.2) is 0 Å². The molecule has 7 heteroatoms. The van der Waals surface area contributed by atoms with Crippen molar-refractivity contribution in [3.05, 3.63) is 70.8 Å². The van der Waals surface area contributed by atoms with Gasteiger partial charge < -0.3 is 10.0 Å². The first kappa shape index (κ1) is 18.9. The van der Waals surface area contributed by atoms with E-state index in [0.29, 0.717) is 30.5 Å². The molecule has 2 aliphatic rings. The Hall–Kier alpha value is -3.48. The van der Waals surface area contributed by atoms with Gasteiger partial charge in [0.1, 0.15) is 0 Å². The topological polar surface area (TPSA) is 95.0 Å². The van der Waals surface area contributed by atoms with Crippen LogP contribution in [-0.2, 0) is 11.2 Å². The quantitative estimate of drug-likeness (QED) is 0.786. The van der Waals surface area contributed by atoms with E-state index in [9.17, 15) is 19.2 Å². The maximum absolute atomic E-state index is 12.8. The van der Waals surface area contributed by atoms with Gasteiger partial charge in [-0.25, -0.2) is 0 Å². The monoisotopic (exact) mass is 392 g/mol. The Kier molecular flexibility index (Phi) is 4.88. The lowest BCUT2D eigenvalue weighted by molar-refractivity contribution is -0.141. The Labute approximate surface area is 167 Å². The number of carboxylic acid groups (broad SMARTS) is 1. The second-order valence-corrected chi connectivity index (χ2v) is 7.33. The number of carboxylic acids is 1. The number of carbonyl (C=O) groups excluding carboxylic acids is 3. The summed E-state index contributed by atoms with van der Waals surface area (Å²) >= 11 is 0. The number of benzene rings is 2. The van der Waals surface area contributed by atoms with Gasteiger partial charge in [-0.3, -0.25) is 24.1 Å². The molecule has 0 saturated carbocycles. The number of carbonyl (C=O) groups is 4. The van der Waals surface area contributed by atoms with Gasteiger partial charge in [0.2, 0.25) is 0 Å². The second kappa shape index (κ2) is 7.50. The van der Waals surface area contributed by atoms with Crippen LogP contribution >= 0.6 is 0 Å². The zero-order chi connectivity index (χ0) is 20.5. The molecule has 1 N–H and O–H groups in total. The smallest absolute Gasteiger partial charge is 0.308 e. The third-order valence-corrected chi connectivity index (χ3v) is 5.51. The number of likely N-dealkylation sites (tertiary alicyclic amines) is 1. The molecule has 0 radical (unpaired) electrons. The second-order valence-electron chi connectivity index (χ2n) is 7.33. The molecule has 0 bridgehead atoms. The number of hydrogen-bond donors (Lipinski definition) is 1. The van der Waals surface area contributed by atoms with Gasteiger partial charge in [0, 0.05) is 25.2 Å². The number of imide groups is 1. The fourth-order valence-corrected chi connectivity index (χ4v) is 3.84. The Bertz CT molecular complexity index is 1000. The van der Waals surface area contributed by atoms with Gasteiger partial charge in [-0.15, -0.1) is 0 Å². The molecular weight excluding hydrogens is 372 g/mol. The van der Waals surface area contributed by atoms with Crippen LogP contribution in [0.4, 0.5) is 0 Å². The summed E-state index contributed by atoms with van der Waals surface area (Å²) in [7, 11) is 0. The molecule has 1 unspecified atom stereocenters. The van der Waals surface area contributed by atoms with E-state index < -0.39 is 17.8 Å². The number of fused-ring (bicyclic) bond motifs is 1. The number of rotatable bonds is 5. The summed E-state index contributed by atoms with van der Waals surface area (Å²) in [5.41, 5.74) is 1.84. The van der Waals surface area contributed by atoms with Crippen LogP contribution in [0.25, 0.3) is 0 Å². The Balaban J connectivity index is 1.49. The molecule has 1 atom stereocenters. The molecule has 2 aromatic carbocycles. The third kappa shape index (κ3) is 3.51. The van der Waals surface area contributed by atoms with Crippen LogP contribution in [0, 0.1) is 5.92 Å². The number of amides is 3. The molecule has 2 aromatic rings. The van der Waals surface area contributed by atoms with Gasteiger partial charge >= 0.3 is 5.97 Å². The minimum Gasteiger partial charge on any atom is -0.481 e. The summed E-state index contributed by atoms with van der Waals surface area (Å²) < 4.78 is 0. The predicted molar refractivity (Wildman–Crippen MR) is 104 cm³/mol. The maximum atomic E-state index is 12.8. The van der Waals surface area contributed by atoms with Crippen molar-refractivity contribution < 1.29 is 24.3 Å². The van der Waals surface area contributed by atoms with Crippen LogP contribution in [-0.4, -0.2) is 58.2 Å². The molecule has 29 heavy (non-hydrogen) atoms. The molecular formula is C22H20N2O5. The van der Waals surface area contributed by atoms with Crippen LogP contribution < -0.4 is 0 Å². The highest BCUT2D eigenvalue weighted by atomic mass is 16.4. The molecule has 0 spiro atoms. The Morgan fingerprint density at radius 3 is 2.41 bits per heavy atom. The number of nitrogens with zero attached hydrogens (tertiary/aromatic N) is 2. The van der Waals surface area contributed by atoms with E-state index in [1.165, 1.54) is 28.0 Å². The summed E-state index contributed by atoms with van der Waals surface area (Å²) in [5.74, 6) is -2.55. The highest BCUT2D eigenvalue weighted by Crippen LogP contribution is 2.26. The molecule has 0 aromatic heterocycles. The number of aliphatic carboxylic acids is 1. The lowest BCUT2D eigenvalue weighted by Gasteiger charge is -2.16. The van der Waals surface area contributed by atoms with E-state index >= 15 is 0 Å². The number of hydrogen-bond acceptors (Lipinski definition) is 4. The van der Waals surface area contributed by atoms with Crippen LogP contribution in [0.3, 0.4) is 0 Å². The zero-order valence-corrected chi connectivity index (χ0v) is 15.7. The van der Waals surface area contributed by atoms with Crippen molar-refractivity contribution >= 4 is 23.7 Å². The summed E-state index contributed by atoms with van der Waals surface area (Å²) in [5, 5.41) is 9.11. The predicted octanol–water partition coefficient (Wildman–Crippen LogP) is 2.07. The molecule has 4 rings (SSSR count). The minimum atomic E-state index is -0.913. The molecule has 3 amide bonds. The molecule has 1 fully saturated rings. The average molecular weight is 392 g/mol. The van der Waals surface area contributed by atoms with Crippen molar-refractivity contribution in [1.29, 1.82) is 0 Å². The van der Waals surface area contributed by atoms with Crippen molar-refractivity contribution in [3.8, 4) is 0 Å². The van der Waals surface area contributed by atoms with E-state index in [4.69, 9.17) is 5.11 Å². The van der Waals surface area contributed by atoms with Gasteiger partial charge in [-0.2, -0.15) is 0 Å². The van der Waals surface area contributed by atoms with Crippen molar-refractivity contribution in [2.75, 3.05) is 19.6 Å². The van der Waals surface area contributed by atoms with Gasteiger partial charge in [-0.05, 0) is 36.6 Å². The Morgan fingerprint density at radius 2 is 1.72 bits per heavy atom. The largest absolute Gasteiger partial charge is 0.481 e. The first-order valence-electron chi connectivity index (χ1n) is 9.52. The normalized spacial score (nSPS) is 18.3. The SMILES string of the molecule is O=C(O)C1CCN(C(=O)c2ccc3c(c2)C(=O)N(CCc2ccccc2)C3=O)C1.